The van der Waals surface area contributed by atoms with Crippen molar-refractivity contribution < 1.29 is 18.7 Å². The molecule has 2 N–H and O–H groups in total. The van der Waals surface area contributed by atoms with Gasteiger partial charge in [-0.3, -0.25) is 0 Å². The lowest BCUT2D eigenvalue weighted by Gasteiger charge is -2.46. The van der Waals surface area contributed by atoms with E-state index in [1.165, 1.54) is 31.4 Å². The Morgan fingerprint density at radius 1 is 1.15 bits per heavy atom. The Bertz CT molecular complexity index is 1250. The van der Waals surface area contributed by atoms with Gasteiger partial charge in [-0.25, -0.2) is 14.0 Å². The van der Waals surface area contributed by atoms with Crippen LogP contribution in [-0.2, 0) is 10.3 Å². The number of urea groups is 1. The van der Waals surface area contributed by atoms with Crippen LogP contribution in [0.25, 0.3) is 5.69 Å². The van der Waals surface area contributed by atoms with Crippen molar-refractivity contribution in [3.63, 3.8) is 0 Å². The predicted molar refractivity (Wildman–Crippen MR) is 124 cm³/mol. The Hall–Kier alpha value is -3.52. The minimum atomic E-state index is -0.558. The molecular formula is C24H22ClFN4O3. The SMILES string of the molecule is COC(=O)c1ccc(Cl)cc1NC(=O)N1CCC2(CC1)Nc1cc(F)ccc1-n1cccc12. The Morgan fingerprint density at radius 2 is 1.94 bits per heavy atom. The van der Waals surface area contributed by atoms with Gasteiger partial charge < -0.3 is 24.8 Å². The van der Waals surface area contributed by atoms with Gasteiger partial charge in [0.2, 0.25) is 0 Å². The second-order valence-corrected chi connectivity index (χ2v) is 8.67. The molecule has 2 aliphatic heterocycles. The fourth-order valence-corrected chi connectivity index (χ4v) is 4.87. The Balaban J connectivity index is 1.35. The molecule has 9 heteroatoms. The van der Waals surface area contributed by atoms with E-state index in [9.17, 15) is 14.0 Å². The zero-order valence-corrected chi connectivity index (χ0v) is 18.7. The number of esters is 1. The number of carbonyl (C=O) groups is 2. The summed E-state index contributed by atoms with van der Waals surface area (Å²) in [5.41, 5.74) is 2.85. The van der Waals surface area contributed by atoms with Crippen LogP contribution in [0, 0.1) is 5.82 Å². The minimum Gasteiger partial charge on any atom is -0.465 e. The summed E-state index contributed by atoms with van der Waals surface area (Å²) in [6.07, 6.45) is 3.25. The number of aromatic nitrogens is 1. The number of fused-ring (bicyclic) bond motifs is 4. The van der Waals surface area contributed by atoms with E-state index in [1.807, 2.05) is 12.3 Å². The van der Waals surface area contributed by atoms with Crippen LogP contribution in [-0.4, -0.2) is 41.7 Å². The quantitative estimate of drug-likeness (QED) is 0.519. The van der Waals surface area contributed by atoms with Gasteiger partial charge in [-0.2, -0.15) is 0 Å². The highest BCUT2D eigenvalue weighted by molar-refractivity contribution is 6.31. The molecule has 7 nitrogen and oxygen atoms in total. The fraction of sp³-hybridized carbons (Fsp3) is 0.250. The number of nitrogens with zero attached hydrogens (tertiary/aromatic N) is 2. The molecule has 0 radical (unpaired) electrons. The second kappa shape index (κ2) is 8.12. The molecule has 170 valence electrons. The number of halogens is 2. The maximum absolute atomic E-state index is 13.9. The van der Waals surface area contributed by atoms with Gasteiger partial charge in [0, 0.05) is 30.0 Å². The highest BCUT2D eigenvalue weighted by Gasteiger charge is 2.42. The number of piperidine rings is 1. The molecule has 1 fully saturated rings. The van der Waals surface area contributed by atoms with Crippen LogP contribution < -0.4 is 10.6 Å². The molecule has 2 aliphatic rings. The van der Waals surface area contributed by atoms with Gasteiger partial charge in [0.05, 0.1) is 35.3 Å². The summed E-state index contributed by atoms with van der Waals surface area (Å²) < 4.78 is 20.8. The van der Waals surface area contributed by atoms with E-state index in [0.717, 1.165) is 17.1 Å². The van der Waals surface area contributed by atoms with Crippen LogP contribution in [0.3, 0.4) is 0 Å². The lowest BCUT2D eigenvalue weighted by molar-refractivity contribution is 0.0602. The van der Waals surface area contributed by atoms with E-state index in [2.05, 4.69) is 21.3 Å². The Kier molecular flexibility index (Phi) is 5.25. The van der Waals surface area contributed by atoms with Gasteiger partial charge in [-0.05, 0) is 61.4 Å². The van der Waals surface area contributed by atoms with Gasteiger partial charge in [0.25, 0.3) is 0 Å². The van der Waals surface area contributed by atoms with E-state index >= 15 is 0 Å². The van der Waals surface area contributed by atoms with Crippen LogP contribution in [0.1, 0.15) is 28.9 Å². The summed E-state index contributed by atoms with van der Waals surface area (Å²) in [4.78, 5) is 26.7. The van der Waals surface area contributed by atoms with Crippen molar-refractivity contribution in [2.75, 3.05) is 30.8 Å². The molecule has 1 spiro atoms. The molecule has 3 aromatic rings. The number of nitrogens with one attached hydrogen (secondary N) is 2. The molecule has 1 aromatic heterocycles. The van der Waals surface area contributed by atoms with E-state index in [4.69, 9.17) is 16.3 Å². The number of methoxy groups -OCH3 is 1. The maximum Gasteiger partial charge on any atom is 0.339 e. The first kappa shape index (κ1) is 21.3. The van der Waals surface area contributed by atoms with Crippen molar-refractivity contribution >= 4 is 35.0 Å². The van der Waals surface area contributed by atoms with Crippen molar-refractivity contribution in [1.82, 2.24) is 9.47 Å². The lowest BCUT2D eigenvalue weighted by Crippen LogP contribution is -2.51. The maximum atomic E-state index is 13.9. The third-order valence-electron chi connectivity index (χ3n) is 6.36. The summed E-state index contributed by atoms with van der Waals surface area (Å²) in [5, 5.41) is 6.73. The first-order valence-electron chi connectivity index (χ1n) is 10.6. The number of hydrogen-bond acceptors (Lipinski definition) is 4. The van der Waals surface area contributed by atoms with Gasteiger partial charge in [-0.1, -0.05) is 11.6 Å². The third kappa shape index (κ3) is 3.70. The number of amides is 2. The second-order valence-electron chi connectivity index (χ2n) is 8.23. The molecule has 0 aliphatic carbocycles. The smallest absolute Gasteiger partial charge is 0.339 e. The normalized spacial score (nSPS) is 15.9. The number of likely N-dealkylation sites (tertiary alicyclic amines) is 1. The van der Waals surface area contributed by atoms with Crippen molar-refractivity contribution in [2.24, 2.45) is 0 Å². The molecule has 33 heavy (non-hydrogen) atoms. The van der Waals surface area contributed by atoms with E-state index in [-0.39, 0.29) is 17.4 Å². The van der Waals surface area contributed by atoms with Gasteiger partial charge in [0.1, 0.15) is 5.82 Å². The van der Waals surface area contributed by atoms with Crippen LogP contribution in [0.15, 0.2) is 54.7 Å². The van der Waals surface area contributed by atoms with Crippen LogP contribution in [0.5, 0.6) is 0 Å². The average molecular weight is 469 g/mol. The standard InChI is InChI=1S/C24H22ClFN4O3/c1-33-22(31)17-6-4-15(25)13-18(17)27-23(32)29-11-8-24(9-12-29)21-3-2-10-30(21)20-7-5-16(26)14-19(20)28-24/h2-7,10,13-14,28H,8-9,11-12H2,1H3,(H,27,32). The van der Waals surface area contributed by atoms with Gasteiger partial charge in [0.15, 0.2) is 0 Å². The van der Waals surface area contributed by atoms with Crippen LogP contribution in [0.4, 0.5) is 20.6 Å². The van der Waals surface area contributed by atoms with Gasteiger partial charge in [-0.15, -0.1) is 0 Å². The molecule has 0 saturated carbocycles. The number of hydrogen-bond donors (Lipinski definition) is 2. The van der Waals surface area contributed by atoms with E-state index in [0.29, 0.717) is 36.6 Å². The summed E-state index contributed by atoms with van der Waals surface area (Å²) in [5.74, 6) is -0.857. The first-order chi connectivity index (χ1) is 15.9. The average Bonchev–Trinajstić information content (AvgIpc) is 3.30. The number of ether oxygens (including phenoxy) is 1. The monoisotopic (exact) mass is 468 g/mol. The molecule has 0 atom stereocenters. The number of anilines is 2. The van der Waals surface area contributed by atoms with E-state index in [1.54, 1.807) is 17.0 Å². The van der Waals surface area contributed by atoms with Crippen LogP contribution >= 0.6 is 11.6 Å². The van der Waals surface area contributed by atoms with Gasteiger partial charge >= 0.3 is 12.0 Å². The van der Waals surface area contributed by atoms with E-state index < -0.39 is 11.5 Å². The van der Waals surface area contributed by atoms with Crippen molar-refractivity contribution in [2.45, 2.75) is 18.4 Å². The molecule has 0 bridgehead atoms. The molecule has 1 saturated heterocycles. The number of rotatable bonds is 2. The molecular weight excluding hydrogens is 447 g/mol. The number of benzene rings is 2. The van der Waals surface area contributed by atoms with Crippen molar-refractivity contribution in [1.29, 1.82) is 0 Å². The predicted octanol–water partition coefficient (Wildman–Crippen LogP) is 5.01. The molecule has 2 amide bonds. The number of carbonyl (C=O) groups excluding carboxylic acids is 2. The minimum absolute atomic E-state index is 0.231. The zero-order chi connectivity index (χ0) is 23.2. The summed E-state index contributed by atoms with van der Waals surface area (Å²) in [7, 11) is 1.28. The Labute approximate surface area is 195 Å². The topological polar surface area (TPSA) is 75.6 Å². The highest BCUT2D eigenvalue weighted by Crippen LogP contribution is 2.43. The molecule has 3 heterocycles. The summed E-state index contributed by atoms with van der Waals surface area (Å²) >= 11 is 6.07. The van der Waals surface area contributed by atoms with Crippen molar-refractivity contribution in [3.05, 3.63) is 76.8 Å². The summed E-state index contributed by atoms with van der Waals surface area (Å²) in [6.45, 7) is 0.950. The summed E-state index contributed by atoms with van der Waals surface area (Å²) in [6, 6.07) is 13.0. The Morgan fingerprint density at radius 3 is 2.70 bits per heavy atom. The molecule has 5 rings (SSSR count). The van der Waals surface area contributed by atoms with Crippen molar-refractivity contribution in [3.8, 4) is 5.69 Å². The lowest BCUT2D eigenvalue weighted by atomic mass is 9.82. The zero-order valence-electron chi connectivity index (χ0n) is 17.9. The molecule has 2 aromatic carbocycles. The first-order valence-corrected chi connectivity index (χ1v) is 11.0. The third-order valence-corrected chi connectivity index (χ3v) is 6.60. The molecule has 0 unspecified atom stereocenters. The largest absolute Gasteiger partial charge is 0.465 e. The highest BCUT2D eigenvalue weighted by atomic mass is 35.5. The fourth-order valence-electron chi connectivity index (χ4n) is 4.70. The van der Waals surface area contributed by atoms with Crippen LogP contribution in [0.2, 0.25) is 5.02 Å².